The van der Waals surface area contributed by atoms with Gasteiger partial charge in [0.15, 0.2) is 5.60 Å². The molecule has 302 valence electrons. The van der Waals surface area contributed by atoms with Gasteiger partial charge in [0.1, 0.15) is 17.3 Å². The number of H-pyrrole nitrogens is 1. The van der Waals surface area contributed by atoms with E-state index in [1.807, 2.05) is 55.2 Å². The Bertz CT molecular complexity index is 2250. The van der Waals surface area contributed by atoms with Crippen LogP contribution >= 0.6 is 0 Å². The van der Waals surface area contributed by atoms with Crippen LogP contribution in [0.4, 0.5) is 5.69 Å². The number of esters is 1. The van der Waals surface area contributed by atoms with E-state index in [0.717, 1.165) is 27.7 Å². The zero-order valence-corrected chi connectivity index (χ0v) is 33.4. The maximum absolute atomic E-state index is 15.2. The maximum atomic E-state index is 15.2. The molecule has 9 rings (SSSR count). The summed E-state index contributed by atoms with van der Waals surface area (Å²) in [5.74, 6) is -1.28. The highest BCUT2D eigenvalue weighted by Crippen LogP contribution is 2.67. The fraction of sp³-hybridized carbons (Fsp3) is 0.581. The standard InChI is InChI=1S/C43H53N7O7/c1-6-39(54)21-25-22-42(38(53)57-5,33-27(13-17-49(23-25)24-39)26-11-8-9-12-30(26)45-33)29-19-28-31(20-32(29)56-4)48(3)35-41(28)15-18-50-16-10-14-40(7-2,34(41)50)36(51)43(35,55)37(52)46-47-44/h8-12,14,19-20,25,34-36,45,51,54-55H,6-7,13,15-18,21-24H2,1-5H3/t25-,34-,35+,36+,39-,40+,41+,42-,43-/m0/s1. The third kappa shape index (κ3) is 4.79. The smallest absolute Gasteiger partial charge is 0.322 e. The van der Waals surface area contributed by atoms with E-state index in [2.05, 4.69) is 36.9 Å². The number of azide groups is 1. The molecule has 1 amide bonds. The Morgan fingerprint density at radius 2 is 1.86 bits per heavy atom. The Morgan fingerprint density at radius 1 is 1.07 bits per heavy atom. The number of aliphatic hydroxyl groups is 3. The SMILES string of the molecule is CC[C@]1(O)C[C@@H]2CN(CCc3c([nH]c4ccccc34)[C@@](C(=O)OC)(c3cc4c(cc3OC)N(C)[C@H]3[C@@](O)(C(=O)N=[N+]=[N-])[C@H](O)[C@]5(CC)C=CCN6CC[C@]43[C@@H]65)C2)C1. The zero-order valence-electron chi connectivity index (χ0n) is 33.4. The number of piperidine rings is 1. The van der Waals surface area contributed by atoms with Gasteiger partial charge in [-0.15, -0.1) is 0 Å². The highest BCUT2D eigenvalue weighted by atomic mass is 16.5. The third-order valence-electron chi connectivity index (χ3n) is 15.3. The molecule has 14 nitrogen and oxygen atoms in total. The summed E-state index contributed by atoms with van der Waals surface area (Å²) in [6.45, 7) is 7.16. The van der Waals surface area contributed by atoms with Gasteiger partial charge in [-0.1, -0.05) is 44.2 Å². The molecule has 2 bridgehead atoms. The molecule has 3 fully saturated rings. The van der Waals surface area contributed by atoms with Crippen LogP contribution in [-0.2, 0) is 31.6 Å². The van der Waals surface area contributed by atoms with Crippen LogP contribution in [-0.4, -0.2) is 125 Å². The number of anilines is 1. The van der Waals surface area contributed by atoms with Crippen molar-refractivity contribution >= 4 is 28.5 Å². The number of aromatic amines is 1. The number of carbonyl (C=O) groups is 2. The number of likely N-dealkylation sites (N-methyl/N-ethyl adjacent to an activating group) is 1. The van der Waals surface area contributed by atoms with Crippen LogP contribution in [0, 0.1) is 11.3 Å². The molecule has 2 saturated heterocycles. The fourth-order valence-corrected chi connectivity index (χ4v) is 13.1. The van der Waals surface area contributed by atoms with Gasteiger partial charge in [0.2, 0.25) is 0 Å². The van der Waals surface area contributed by atoms with Crippen molar-refractivity contribution in [3.05, 3.63) is 81.4 Å². The number of para-hydroxylation sites is 1. The molecule has 10 atom stereocenters. The number of methoxy groups -OCH3 is 2. The maximum Gasteiger partial charge on any atom is 0.322 e. The number of ether oxygens (including phenoxy) is 2. The van der Waals surface area contributed by atoms with E-state index in [-0.39, 0.29) is 12.0 Å². The Labute approximate surface area is 332 Å². The summed E-state index contributed by atoms with van der Waals surface area (Å²) in [6.07, 6.45) is 5.30. The van der Waals surface area contributed by atoms with Crippen LogP contribution in [0.1, 0.15) is 68.3 Å². The molecule has 1 saturated carbocycles. The van der Waals surface area contributed by atoms with E-state index < -0.39 is 51.5 Å². The van der Waals surface area contributed by atoms with E-state index in [4.69, 9.17) is 9.47 Å². The van der Waals surface area contributed by atoms with Crippen molar-refractivity contribution in [1.82, 2.24) is 14.8 Å². The molecular weight excluding hydrogens is 727 g/mol. The summed E-state index contributed by atoms with van der Waals surface area (Å²) < 4.78 is 12.2. The van der Waals surface area contributed by atoms with Gasteiger partial charge < -0.3 is 34.7 Å². The lowest BCUT2D eigenvalue weighted by Crippen LogP contribution is -2.80. The molecule has 6 aliphatic rings. The second-order valence-electron chi connectivity index (χ2n) is 17.6. The number of amides is 1. The molecule has 14 heteroatoms. The Balaban J connectivity index is 1.37. The second-order valence-corrected chi connectivity index (χ2v) is 17.6. The summed E-state index contributed by atoms with van der Waals surface area (Å²) >= 11 is 0. The van der Waals surface area contributed by atoms with E-state index in [1.165, 1.54) is 7.11 Å². The normalized spacial score (nSPS) is 37.8. The van der Waals surface area contributed by atoms with Crippen LogP contribution < -0.4 is 9.64 Å². The average Bonchev–Trinajstić information content (AvgIpc) is 3.88. The van der Waals surface area contributed by atoms with Gasteiger partial charge in [0.25, 0.3) is 5.91 Å². The molecule has 4 N–H and O–H groups in total. The number of aromatic nitrogens is 1. The first kappa shape index (κ1) is 38.1. The molecule has 1 unspecified atom stereocenters. The Hall–Kier alpha value is -4.43. The lowest BCUT2D eigenvalue weighted by atomic mass is 9.47. The molecule has 3 aromatic rings. The number of aliphatic hydroxyl groups excluding tert-OH is 1. The van der Waals surface area contributed by atoms with Gasteiger partial charge in [-0.3, -0.25) is 19.4 Å². The number of fused-ring (bicyclic) bond motifs is 6. The van der Waals surface area contributed by atoms with Crippen LogP contribution in [0.25, 0.3) is 21.3 Å². The monoisotopic (exact) mass is 779 g/mol. The largest absolute Gasteiger partial charge is 0.496 e. The molecular formula is C43H53N7O7. The summed E-state index contributed by atoms with van der Waals surface area (Å²) in [6, 6.07) is 10.6. The summed E-state index contributed by atoms with van der Waals surface area (Å²) in [7, 11) is 4.79. The number of nitrogens with zero attached hydrogens (tertiary/aromatic N) is 6. The fourth-order valence-electron chi connectivity index (χ4n) is 13.1. The molecule has 5 aliphatic heterocycles. The van der Waals surface area contributed by atoms with Crippen molar-refractivity contribution in [3.63, 3.8) is 0 Å². The lowest BCUT2D eigenvalue weighted by molar-refractivity contribution is -0.201. The Kier molecular flexibility index (Phi) is 8.72. The van der Waals surface area contributed by atoms with Crippen LogP contribution in [0.3, 0.4) is 0 Å². The first-order valence-electron chi connectivity index (χ1n) is 20.3. The van der Waals surface area contributed by atoms with Crippen molar-refractivity contribution in [3.8, 4) is 5.75 Å². The predicted molar refractivity (Wildman–Crippen MR) is 213 cm³/mol. The molecule has 57 heavy (non-hydrogen) atoms. The molecule has 1 aliphatic carbocycles. The summed E-state index contributed by atoms with van der Waals surface area (Å²) in [4.78, 5) is 42.4. The van der Waals surface area contributed by atoms with Crippen LogP contribution in [0.15, 0.2) is 53.7 Å². The minimum Gasteiger partial charge on any atom is -0.496 e. The first-order valence-corrected chi connectivity index (χ1v) is 20.3. The van der Waals surface area contributed by atoms with Crippen molar-refractivity contribution < 1.29 is 34.4 Å². The molecule has 1 spiro atoms. The minimum atomic E-state index is -2.49. The van der Waals surface area contributed by atoms with Crippen LogP contribution in [0.2, 0.25) is 0 Å². The van der Waals surface area contributed by atoms with Gasteiger partial charge in [-0.2, -0.15) is 0 Å². The highest BCUT2D eigenvalue weighted by molar-refractivity contribution is 5.95. The van der Waals surface area contributed by atoms with E-state index in [1.54, 1.807) is 14.2 Å². The number of hydrogen-bond donors (Lipinski definition) is 4. The predicted octanol–water partition coefficient (Wildman–Crippen LogP) is 4.08. The quantitative estimate of drug-likeness (QED) is 0.0934. The zero-order chi connectivity index (χ0) is 40.3. The molecule has 6 heterocycles. The number of hydrogen-bond acceptors (Lipinski definition) is 10. The topological polar surface area (TPSA) is 188 Å². The number of benzene rings is 2. The van der Waals surface area contributed by atoms with Gasteiger partial charge in [-0.25, -0.2) is 0 Å². The highest BCUT2D eigenvalue weighted by Gasteiger charge is 2.78. The lowest BCUT2D eigenvalue weighted by Gasteiger charge is -2.63. The average molecular weight is 780 g/mol. The molecule has 1 aromatic heterocycles. The van der Waals surface area contributed by atoms with Crippen molar-refractivity contribution in [1.29, 1.82) is 0 Å². The van der Waals surface area contributed by atoms with Crippen molar-refractivity contribution in [2.75, 3.05) is 58.9 Å². The van der Waals surface area contributed by atoms with Gasteiger partial charge in [0.05, 0.1) is 25.9 Å². The number of rotatable bonds is 6. The van der Waals surface area contributed by atoms with E-state index in [9.17, 15) is 25.6 Å². The molecule has 0 radical (unpaired) electrons. The van der Waals surface area contributed by atoms with Crippen molar-refractivity contribution in [2.45, 2.75) is 92.6 Å². The summed E-state index contributed by atoms with van der Waals surface area (Å²) in [5, 5.41) is 41.7. The van der Waals surface area contributed by atoms with Gasteiger partial charge >= 0.3 is 5.97 Å². The second kappa shape index (κ2) is 13.0. The van der Waals surface area contributed by atoms with Gasteiger partial charge in [0, 0.05) is 88.9 Å². The minimum absolute atomic E-state index is 0.110. The van der Waals surface area contributed by atoms with Gasteiger partial charge in [-0.05, 0) is 84.9 Å². The number of nitrogens with one attached hydrogen (secondary N) is 1. The van der Waals surface area contributed by atoms with Crippen LogP contribution in [0.5, 0.6) is 5.75 Å². The van der Waals surface area contributed by atoms with Crippen molar-refractivity contribution in [2.24, 2.45) is 16.4 Å². The van der Waals surface area contributed by atoms with E-state index in [0.29, 0.717) is 88.2 Å². The Morgan fingerprint density at radius 3 is 2.58 bits per heavy atom. The molecule has 2 aromatic carbocycles. The van der Waals surface area contributed by atoms with E-state index >= 15 is 4.79 Å². The first-order chi connectivity index (χ1) is 27.3. The summed E-state index contributed by atoms with van der Waals surface area (Å²) in [5.41, 5.74) is 7.34. The number of carbonyl (C=O) groups excluding carboxylic acids is 2. The third-order valence-corrected chi connectivity index (χ3v) is 15.3.